The van der Waals surface area contributed by atoms with Gasteiger partial charge in [-0.2, -0.15) is 5.10 Å². The lowest BCUT2D eigenvalue weighted by Gasteiger charge is -2.05. The number of hydrogen-bond donors (Lipinski definition) is 1. The third kappa shape index (κ3) is 5.89. The highest BCUT2D eigenvalue weighted by Gasteiger charge is 2.12. The average Bonchev–Trinajstić information content (AvgIpc) is 2.67. The summed E-state index contributed by atoms with van der Waals surface area (Å²) >= 11 is 6.30. The number of aryl methyl sites for hydroxylation is 1. The van der Waals surface area contributed by atoms with Gasteiger partial charge in [-0.15, -0.1) is 0 Å². The van der Waals surface area contributed by atoms with Crippen molar-refractivity contribution in [2.24, 2.45) is 5.92 Å². The highest BCUT2D eigenvalue weighted by Crippen LogP contribution is 2.22. The summed E-state index contributed by atoms with van der Waals surface area (Å²) in [4.78, 5) is 11.7. The molecule has 1 rings (SSSR count). The van der Waals surface area contributed by atoms with E-state index in [1.165, 1.54) is 6.08 Å². The van der Waals surface area contributed by atoms with Gasteiger partial charge in [-0.1, -0.05) is 25.4 Å². The summed E-state index contributed by atoms with van der Waals surface area (Å²) in [5.74, 6) is 0.320. The summed E-state index contributed by atoms with van der Waals surface area (Å²) in [6, 6.07) is 0. The van der Waals surface area contributed by atoms with Crippen molar-refractivity contribution in [1.29, 1.82) is 0 Å². The van der Waals surface area contributed by atoms with Crippen LogP contribution in [-0.2, 0) is 16.1 Å². The maximum Gasteiger partial charge on any atom is 0.244 e. The molecule has 6 heteroatoms. The van der Waals surface area contributed by atoms with E-state index in [-0.39, 0.29) is 5.91 Å². The van der Waals surface area contributed by atoms with Gasteiger partial charge in [0, 0.05) is 38.4 Å². The Kier molecular flexibility index (Phi) is 7.47. The second-order valence-corrected chi connectivity index (χ2v) is 5.69. The summed E-state index contributed by atoms with van der Waals surface area (Å²) in [6.07, 6.45) is 4.00. The fraction of sp³-hybridized carbons (Fsp3) is 0.600. The minimum atomic E-state index is -0.141. The van der Waals surface area contributed by atoms with Gasteiger partial charge in [0.05, 0.1) is 5.69 Å². The number of rotatable bonds is 8. The fourth-order valence-corrected chi connectivity index (χ4v) is 2.18. The number of aromatic nitrogens is 2. The topological polar surface area (TPSA) is 56.1 Å². The molecule has 1 aromatic rings. The van der Waals surface area contributed by atoms with Gasteiger partial charge >= 0.3 is 0 Å². The van der Waals surface area contributed by atoms with Crippen molar-refractivity contribution in [2.45, 2.75) is 33.7 Å². The first-order valence-electron chi connectivity index (χ1n) is 7.13. The van der Waals surface area contributed by atoms with Gasteiger partial charge in [0.1, 0.15) is 5.15 Å². The van der Waals surface area contributed by atoms with Crippen LogP contribution in [0.5, 0.6) is 0 Å². The van der Waals surface area contributed by atoms with E-state index in [4.69, 9.17) is 16.3 Å². The molecular formula is C15H24ClN3O2. The molecular weight excluding hydrogens is 290 g/mol. The van der Waals surface area contributed by atoms with Crippen LogP contribution in [0, 0.1) is 12.8 Å². The van der Waals surface area contributed by atoms with Gasteiger partial charge in [-0.3, -0.25) is 9.48 Å². The Bertz CT molecular complexity index is 495. The number of ether oxygens (including phenoxy) is 1. The monoisotopic (exact) mass is 313 g/mol. The Morgan fingerprint density at radius 3 is 2.86 bits per heavy atom. The lowest BCUT2D eigenvalue weighted by Crippen LogP contribution is -2.22. The lowest BCUT2D eigenvalue weighted by molar-refractivity contribution is -0.116. The Morgan fingerprint density at radius 2 is 2.24 bits per heavy atom. The van der Waals surface area contributed by atoms with E-state index in [0.29, 0.717) is 24.2 Å². The van der Waals surface area contributed by atoms with E-state index in [0.717, 1.165) is 24.2 Å². The molecule has 118 valence electrons. The molecule has 0 aliphatic carbocycles. The van der Waals surface area contributed by atoms with Gasteiger partial charge in [0.25, 0.3) is 0 Å². The number of carbonyl (C=O) groups excluding carboxylic acids is 1. The molecule has 0 saturated carbocycles. The van der Waals surface area contributed by atoms with Crippen LogP contribution in [0.1, 0.15) is 31.5 Å². The van der Waals surface area contributed by atoms with Gasteiger partial charge in [0.2, 0.25) is 5.91 Å². The molecule has 0 saturated heterocycles. The third-order valence-electron chi connectivity index (χ3n) is 2.87. The van der Waals surface area contributed by atoms with Crippen LogP contribution in [0.15, 0.2) is 6.08 Å². The number of methoxy groups -OCH3 is 1. The van der Waals surface area contributed by atoms with Crippen LogP contribution in [0.25, 0.3) is 6.08 Å². The molecule has 1 N–H and O–H groups in total. The molecule has 0 atom stereocenters. The lowest BCUT2D eigenvalue weighted by atomic mass is 10.2. The second-order valence-electron chi connectivity index (χ2n) is 5.34. The van der Waals surface area contributed by atoms with Crippen LogP contribution in [0.2, 0.25) is 5.15 Å². The van der Waals surface area contributed by atoms with Crippen LogP contribution < -0.4 is 5.32 Å². The molecule has 1 heterocycles. The highest BCUT2D eigenvalue weighted by atomic mass is 35.5. The number of nitrogens with zero attached hydrogens (tertiary/aromatic N) is 2. The average molecular weight is 314 g/mol. The molecule has 5 nitrogen and oxygen atoms in total. The molecule has 0 unspecified atom stereocenters. The smallest absolute Gasteiger partial charge is 0.244 e. The predicted molar refractivity (Wildman–Crippen MR) is 85.3 cm³/mol. The molecule has 0 aliphatic rings. The van der Waals surface area contributed by atoms with Crippen LogP contribution >= 0.6 is 11.6 Å². The third-order valence-corrected chi connectivity index (χ3v) is 3.27. The number of nitrogens with one attached hydrogen (secondary N) is 1. The normalized spacial score (nSPS) is 11.5. The minimum absolute atomic E-state index is 0.141. The number of amides is 1. The molecule has 1 aromatic heterocycles. The quantitative estimate of drug-likeness (QED) is 0.593. The molecule has 0 aliphatic heterocycles. The van der Waals surface area contributed by atoms with Gasteiger partial charge in [-0.05, 0) is 25.3 Å². The molecule has 0 radical (unpaired) electrons. The highest BCUT2D eigenvalue weighted by molar-refractivity contribution is 6.31. The van der Waals surface area contributed by atoms with Gasteiger partial charge in [0.15, 0.2) is 0 Å². The first-order chi connectivity index (χ1) is 9.95. The largest absolute Gasteiger partial charge is 0.385 e. The predicted octanol–water partition coefficient (Wildman–Crippen LogP) is 2.67. The van der Waals surface area contributed by atoms with Crippen LogP contribution in [-0.4, -0.2) is 35.9 Å². The summed E-state index contributed by atoms with van der Waals surface area (Å²) in [5, 5.41) is 7.76. The zero-order chi connectivity index (χ0) is 15.8. The van der Waals surface area contributed by atoms with E-state index < -0.39 is 0 Å². The molecule has 21 heavy (non-hydrogen) atoms. The molecule has 1 amide bonds. The second kappa shape index (κ2) is 8.85. The minimum Gasteiger partial charge on any atom is -0.385 e. The van der Waals surface area contributed by atoms with Crippen molar-refractivity contribution in [2.75, 3.05) is 20.3 Å². The number of carbonyl (C=O) groups is 1. The van der Waals surface area contributed by atoms with Gasteiger partial charge in [-0.25, -0.2) is 0 Å². The Balaban J connectivity index is 2.63. The van der Waals surface area contributed by atoms with Crippen molar-refractivity contribution in [1.82, 2.24) is 15.1 Å². The van der Waals surface area contributed by atoms with Crippen molar-refractivity contribution in [3.63, 3.8) is 0 Å². The number of halogens is 1. The van der Waals surface area contributed by atoms with E-state index in [9.17, 15) is 4.79 Å². The van der Waals surface area contributed by atoms with Crippen molar-refractivity contribution >= 4 is 23.6 Å². The van der Waals surface area contributed by atoms with E-state index in [1.807, 2.05) is 6.92 Å². The van der Waals surface area contributed by atoms with E-state index in [1.54, 1.807) is 17.9 Å². The Labute approximate surface area is 131 Å². The molecule has 0 spiro atoms. The first-order valence-corrected chi connectivity index (χ1v) is 7.51. The Morgan fingerprint density at radius 1 is 1.52 bits per heavy atom. The molecule has 0 fully saturated rings. The standard InChI is InChI=1S/C15H24ClN3O2/c1-11(2)10-19-15(16)13(12(3)18-19)6-7-14(20)17-8-5-9-21-4/h6-7,11H,5,8-10H2,1-4H3,(H,17,20)/b7-6+. The SMILES string of the molecule is COCCCNC(=O)/C=C/c1c(C)nn(CC(C)C)c1Cl. The Hall–Kier alpha value is -1.33. The fourth-order valence-electron chi connectivity index (χ4n) is 1.87. The summed E-state index contributed by atoms with van der Waals surface area (Å²) in [7, 11) is 1.64. The van der Waals surface area contributed by atoms with Crippen molar-refractivity contribution in [3.05, 3.63) is 22.5 Å². The van der Waals surface area contributed by atoms with Crippen molar-refractivity contribution < 1.29 is 9.53 Å². The van der Waals surface area contributed by atoms with Gasteiger partial charge < -0.3 is 10.1 Å². The van der Waals surface area contributed by atoms with Crippen LogP contribution in [0.3, 0.4) is 0 Å². The molecule has 0 aromatic carbocycles. The maximum atomic E-state index is 11.7. The van der Waals surface area contributed by atoms with E-state index in [2.05, 4.69) is 24.3 Å². The first kappa shape index (κ1) is 17.7. The maximum absolute atomic E-state index is 11.7. The summed E-state index contributed by atoms with van der Waals surface area (Å²) in [5.41, 5.74) is 1.62. The zero-order valence-electron chi connectivity index (χ0n) is 13.1. The zero-order valence-corrected chi connectivity index (χ0v) is 13.9. The van der Waals surface area contributed by atoms with Crippen molar-refractivity contribution in [3.8, 4) is 0 Å². The number of hydrogen-bond acceptors (Lipinski definition) is 3. The summed E-state index contributed by atoms with van der Waals surface area (Å²) in [6.45, 7) is 8.09. The van der Waals surface area contributed by atoms with Crippen LogP contribution in [0.4, 0.5) is 0 Å². The summed E-state index contributed by atoms with van der Waals surface area (Å²) < 4.78 is 6.70. The van der Waals surface area contributed by atoms with E-state index >= 15 is 0 Å². The molecule has 0 bridgehead atoms.